The van der Waals surface area contributed by atoms with Crippen molar-refractivity contribution in [3.05, 3.63) is 100 Å². The fourth-order valence-electron chi connectivity index (χ4n) is 5.98. The Morgan fingerprint density at radius 2 is 1.33 bits per heavy atom. The Labute approximate surface area is 212 Å². The van der Waals surface area contributed by atoms with E-state index in [1.54, 1.807) is 24.3 Å². The van der Waals surface area contributed by atoms with Gasteiger partial charge in [0.2, 0.25) is 11.8 Å². The van der Waals surface area contributed by atoms with Gasteiger partial charge in [-0.1, -0.05) is 66.2 Å². The van der Waals surface area contributed by atoms with Crippen LogP contribution in [0.2, 0.25) is 5.02 Å². The van der Waals surface area contributed by atoms with E-state index in [9.17, 15) is 19.2 Å². The smallest absolute Gasteiger partial charge is 0.326 e. The van der Waals surface area contributed by atoms with Gasteiger partial charge in [0.15, 0.2) is 6.61 Å². The van der Waals surface area contributed by atoms with Crippen LogP contribution in [-0.2, 0) is 23.9 Å². The van der Waals surface area contributed by atoms with Crippen LogP contribution in [0.3, 0.4) is 0 Å². The molecule has 3 amide bonds. The van der Waals surface area contributed by atoms with E-state index >= 15 is 0 Å². The molecule has 3 aromatic rings. The van der Waals surface area contributed by atoms with Gasteiger partial charge in [-0.25, -0.2) is 0 Å². The van der Waals surface area contributed by atoms with Gasteiger partial charge in [0.1, 0.15) is 6.54 Å². The van der Waals surface area contributed by atoms with Gasteiger partial charge in [-0.05, 0) is 40.5 Å². The van der Waals surface area contributed by atoms with Gasteiger partial charge in [0.05, 0.1) is 11.8 Å². The number of nitrogens with one attached hydrogen (secondary N) is 1. The van der Waals surface area contributed by atoms with Gasteiger partial charge in [-0.2, -0.15) is 0 Å². The molecule has 0 spiro atoms. The molecule has 0 aromatic heterocycles. The van der Waals surface area contributed by atoms with Crippen molar-refractivity contribution >= 4 is 41.0 Å². The van der Waals surface area contributed by atoms with Crippen LogP contribution >= 0.6 is 11.6 Å². The molecule has 1 saturated heterocycles. The second-order valence-corrected chi connectivity index (χ2v) is 9.68. The number of nitrogens with zero attached hydrogens (tertiary/aromatic N) is 1. The Balaban J connectivity index is 1.19. The summed E-state index contributed by atoms with van der Waals surface area (Å²) in [6, 6.07) is 22.4. The number of ether oxygens (including phenoxy) is 1. The van der Waals surface area contributed by atoms with E-state index < -0.39 is 36.9 Å². The number of rotatable bonds is 5. The van der Waals surface area contributed by atoms with Gasteiger partial charge in [-0.3, -0.25) is 24.1 Å². The normalized spacial score (nSPS) is 23.1. The zero-order valence-corrected chi connectivity index (χ0v) is 19.8. The van der Waals surface area contributed by atoms with E-state index in [1.165, 1.54) is 0 Å². The maximum absolute atomic E-state index is 13.5. The van der Waals surface area contributed by atoms with Crippen LogP contribution in [0.15, 0.2) is 72.8 Å². The second-order valence-electron chi connectivity index (χ2n) is 9.25. The van der Waals surface area contributed by atoms with Crippen molar-refractivity contribution in [1.82, 2.24) is 4.90 Å². The Morgan fingerprint density at radius 3 is 1.83 bits per heavy atom. The number of likely N-dealkylation sites (tertiary alicyclic amines) is 1. The number of halogens is 1. The molecule has 1 heterocycles. The minimum atomic E-state index is -0.820. The summed E-state index contributed by atoms with van der Waals surface area (Å²) in [5.74, 6) is -3.73. The highest BCUT2D eigenvalue weighted by Gasteiger charge is 2.61. The molecule has 2 bridgehead atoms. The van der Waals surface area contributed by atoms with E-state index in [4.69, 9.17) is 16.3 Å². The number of carbonyl (C=O) groups excluding carboxylic acids is 4. The molecule has 2 atom stereocenters. The molecule has 0 saturated carbocycles. The first-order valence-corrected chi connectivity index (χ1v) is 12.1. The predicted molar refractivity (Wildman–Crippen MR) is 131 cm³/mol. The molecule has 8 heteroatoms. The van der Waals surface area contributed by atoms with Gasteiger partial charge in [0, 0.05) is 22.5 Å². The van der Waals surface area contributed by atoms with E-state index in [0.717, 1.165) is 27.2 Å². The first-order chi connectivity index (χ1) is 17.4. The number of benzene rings is 3. The summed E-state index contributed by atoms with van der Waals surface area (Å²) >= 11 is 5.91. The maximum atomic E-state index is 13.5. The monoisotopic (exact) mass is 500 g/mol. The number of anilines is 1. The van der Waals surface area contributed by atoms with Crippen molar-refractivity contribution in [1.29, 1.82) is 0 Å². The fraction of sp³-hybridized carbons (Fsp3) is 0.214. The van der Waals surface area contributed by atoms with Crippen LogP contribution < -0.4 is 5.32 Å². The molecule has 0 unspecified atom stereocenters. The zero-order valence-electron chi connectivity index (χ0n) is 19.0. The topological polar surface area (TPSA) is 92.8 Å². The summed E-state index contributed by atoms with van der Waals surface area (Å²) in [7, 11) is 0. The average molecular weight is 501 g/mol. The summed E-state index contributed by atoms with van der Waals surface area (Å²) in [6.45, 7) is -1.07. The van der Waals surface area contributed by atoms with Crippen molar-refractivity contribution in [2.75, 3.05) is 18.5 Å². The molecule has 7 rings (SSSR count). The van der Waals surface area contributed by atoms with Crippen LogP contribution in [-0.4, -0.2) is 41.7 Å². The molecule has 3 aromatic carbocycles. The minimum absolute atomic E-state index is 0.242. The maximum Gasteiger partial charge on any atom is 0.326 e. The molecule has 1 fully saturated rings. The Bertz CT molecular complexity index is 1320. The largest absolute Gasteiger partial charge is 0.454 e. The van der Waals surface area contributed by atoms with Crippen LogP contribution in [0.5, 0.6) is 0 Å². The predicted octanol–water partition coefficient (Wildman–Crippen LogP) is 3.71. The number of hydrogen-bond acceptors (Lipinski definition) is 5. The van der Waals surface area contributed by atoms with Crippen LogP contribution in [0.4, 0.5) is 5.69 Å². The molecule has 7 nitrogen and oxygen atoms in total. The third-order valence-corrected chi connectivity index (χ3v) is 7.53. The van der Waals surface area contributed by atoms with Gasteiger partial charge in [-0.15, -0.1) is 0 Å². The number of imide groups is 1. The van der Waals surface area contributed by atoms with Crippen molar-refractivity contribution < 1.29 is 23.9 Å². The summed E-state index contributed by atoms with van der Waals surface area (Å²) < 4.78 is 5.08. The van der Waals surface area contributed by atoms with E-state index in [-0.39, 0.29) is 23.7 Å². The Kier molecular flexibility index (Phi) is 5.38. The van der Waals surface area contributed by atoms with Crippen molar-refractivity contribution in [2.45, 2.75) is 11.8 Å². The number of hydrogen-bond donors (Lipinski definition) is 1. The molecule has 0 radical (unpaired) electrons. The highest BCUT2D eigenvalue weighted by atomic mass is 35.5. The van der Waals surface area contributed by atoms with Crippen LogP contribution in [0.25, 0.3) is 0 Å². The van der Waals surface area contributed by atoms with Crippen LogP contribution in [0.1, 0.15) is 34.1 Å². The highest BCUT2D eigenvalue weighted by Crippen LogP contribution is 2.60. The van der Waals surface area contributed by atoms with Gasteiger partial charge in [0.25, 0.3) is 5.91 Å². The summed E-state index contributed by atoms with van der Waals surface area (Å²) in [5.41, 5.74) is 4.71. The van der Waals surface area contributed by atoms with Crippen molar-refractivity contribution in [3.8, 4) is 0 Å². The first kappa shape index (κ1) is 22.5. The lowest BCUT2D eigenvalue weighted by molar-refractivity contribution is -0.154. The summed E-state index contributed by atoms with van der Waals surface area (Å²) in [6.07, 6.45) is 0. The number of carbonyl (C=O) groups is 4. The van der Waals surface area contributed by atoms with Crippen molar-refractivity contribution in [2.24, 2.45) is 11.8 Å². The summed E-state index contributed by atoms with van der Waals surface area (Å²) in [5, 5.41) is 3.04. The van der Waals surface area contributed by atoms with Crippen LogP contribution in [0, 0.1) is 11.8 Å². The van der Waals surface area contributed by atoms with Gasteiger partial charge < -0.3 is 10.1 Å². The van der Waals surface area contributed by atoms with Crippen molar-refractivity contribution in [3.63, 3.8) is 0 Å². The Hall–Kier alpha value is -3.97. The van der Waals surface area contributed by atoms with E-state index in [1.807, 2.05) is 48.5 Å². The molecule has 180 valence electrons. The third-order valence-electron chi connectivity index (χ3n) is 7.30. The molecule has 1 aliphatic heterocycles. The Morgan fingerprint density at radius 1 is 0.806 bits per heavy atom. The van der Waals surface area contributed by atoms with E-state index in [0.29, 0.717) is 10.7 Å². The minimum Gasteiger partial charge on any atom is -0.454 e. The molecule has 4 aliphatic rings. The second kappa shape index (κ2) is 8.60. The molecular weight excluding hydrogens is 480 g/mol. The fourth-order valence-corrected chi connectivity index (χ4v) is 6.17. The zero-order chi connectivity index (χ0) is 25.0. The third kappa shape index (κ3) is 3.50. The number of esters is 1. The summed E-state index contributed by atoms with van der Waals surface area (Å²) in [4.78, 5) is 52.7. The average Bonchev–Trinajstić information content (AvgIpc) is 3.13. The SMILES string of the molecule is O=C(COC(=O)CN1C(=O)[C@H]2C3c4ccccc4C(c4ccccc43)[C@@H]2C1=O)Nc1cccc(Cl)c1. The lowest BCUT2D eigenvalue weighted by atomic mass is 9.55. The number of amides is 3. The standard InChI is InChI=1S/C28H21ClN2O5/c29-15-6-5-7-16(12-15)30-21(32)14-36-22(33)13-31-27(34)25-23-17-8-1-2-9-18(17)24(26(25)28(31)35)20-11-4-3-10-19(20)23/h1-12,23-26H,13-14H2,(H,30,32)/t23?,24?,25-,26-/m0/s1. The molecule has 36 heavy (non-hydrogen) atoms. The van der Waals surface area contributed by atoms with E-state index in [2.05, 4.69) is 5.32 Å². The molecule has 1 N–H and O–H groups in total. The lowest BCUT2D eigenvalue weighted by Crippen LogP contribution is -2.41. The van der Waals surface area contributed by atoms with Gasteiger partial charge >= 0.3 is 5.97 Å². The quantitative estimate of drug-likeness (QED) is 0.426. The lowest BCUT2D eigenvalue weighted by Gasteiger charge is -2.45. The first-order valence-electron chi connectivity index (χ1n) is 11.7. The molecule has 3 aliphatic carbocycles. The highest BCUT2D eigenvalue weighted by molar-refractivity contribution is 6.30. The molecular formula is C28H21ClN2O5.